The van der Waals surface area contributed by atoms with E-state index in [0.29, 0.717) is 0 Å². The van der Waals surface area contributed by atoms with Gasteiger partial charge in [0, 0.05) is 19.6 Å². The quantitative estimate of drug-likeness (QED) is 0.543. The molecule has 1 atom stereocenters. The first-order chi connectivity index (χ1) is 7.16. The van der Waals surface area contributed by atoms with E-state index in [4.69, 9.17) is 4.74 Å². The van der Waals surface area contributed by atoms with Crippen molar-refractivity contribution in [2.75, 3.05) is 33.3 Å². The molecule has 0 aromatic rings. The van der Waals surface area contributed by atoms with Gasteiger partial charge in [0.25, 0.3) is 0 Å². The molecule has 0 bridgehead atoms. The first kappa shape index (κ1) is 12.2. The van der Waals surface area contributed by atoms with Crippen molar-refractivity contribution in [2.24, 2.45) is 0 Å². The Balaban J connectivity index is 2.68. The van der Waals surface area contributed by atoms with Crippen LogP contribution < -0.4 is 5.32 Å². The van der Waals surface area contributed by atoms with Gasteiger partial charge in [-0.05, 0) is 19.9 Å². The van der Waals surface area contributed by atoms with Gasteiger partial charge in [0.15, 0.2) is 0 Å². The van der Waals surface area contributed by atoms with Crippen LogP contribution in [0.3, 0.4) is 0 Å². The smallest absolute Gasteiger partial charge is 0.327 e. The Morgan fingerprint density at radius 2 is 2.20 bits per heavy atom. The van der Waals surface area contributed by atoms with Crippen LogP contribution in [0.15, 0.2) is 12.2 Å². The van der Waals surface area contributed by atoms with Gasteiger partial charge in [-0.2, -0.15) is 0 Å². The van der Waals surface area contributed by atoms with Crippen LogP contribution in [0, 0.1) is 0 Å². The number of methoxy groups -OCH3 is 1. The van der Waals surface area contributed by atoms with Gasteiger partial charge in [0.05, 0.1) is 7.11 Å². The number of ether oxygens (including phenoxy) is 1. The normalized spacial score (nSPS) is 20.4. The lowest BCUT2D eigenvalue weighted by atomic mass is 10.1. The predicted octanol–water partition coefficient (Wildman–Crippen LogP) is 0.399. The van der Waals surface area contributed by atoms with E-state index in [1.54, 1.807) is 0 Å². The highest BCUT2D eigenvalue weighted by atomic mass is 16.5. The maximum absolute atomic E-state index is 11.6. The average Bonchev–Trinajstić information content (AvgIpc) is 2.46. The third-order valence-electron chi connectivity index (χ3n) is 2.63. The molecule has 1 aliphatic rings. The second-order valence-electron chi connectivity index (χ2n) is 3.91. The van der Waals surface area contributed by atoms with Crippen molar-refractivity contribution in [3.05, 3.63) is 12.2 Å². The molecule has 0 saturated carbocycles. The zero-order chi connectivity index (χ0) is 11.3. The maximum Gasteiger partial charge on any atom is 0.327 e. The molecule has 1 aliphatic heterocycles. The third-order valence-corrected chi connectivity index (χ3v) is 2.63. The molecule has 0 aromatic heterocycles. The van der Waals surface area contributed by atoms with Crippen LogP contribution in [0.2, 0.25) is 0 Å². The SMILES string of the molecule is C=C(C)C(C(=O)OC)N1CCCNCC1. The Hall–Kier alpha value is -0.870. The molecule has 86 valence electrons. The number of nitrogens with one attached hydrogen (secondary N) is 1. The molecule has 1 heterocycles. The zero-order valence-corrected chi connectivity index (χ0v) is 9.58. The zero-order valence-electron chi connectivity index (χ0n) is 9.58. The fraction of sp³-hybridized carbons (Fsp3) is 0.727. The maximum atomic E-state index is 11.6. The molecule has 0 radical (unpaired) electrons. The van der Waals surface area contributed by atoms with E-state index < -0.39 is 0 Å². The summed E-state index contributed by atoms with van der Waals surface area (Å²) in [6, 6.07) is -0.283. The summed E-state index contributed by atoms with van der Waals surface area (Å²) in [5, 5.41) is 3.30. The van der Waals surface area contributed by atoms with Gasteiger partial charge >= 0.3 is 5.97 Å². The van der Waals surface area contributed by atoms with Crippen molar-refractivity contribution in [3.63, 3.8) is 0 Å². The first-order valence-electron chi connectivity index (χ1n) is 5.35. The number of hydrogen-bond donors (Lipinski definition) is 1. The number of carbonyl (C=O) groups excluding carboxylic acids is 1. The van der Waals surface area contributed by atoms with Crippen LogP contribution in [-0.4, -0.2) is 50.2 Å². The van der Waals surface area contributed by atoms with Crippen molar-refractivity contribution in [1.82, 2.24) is 10.2 Å². The minimum atomic E-state index is -0.283. The standard InChI is InChI=1S/C11H20N2O2/c1-9(2)10(11(14)15-3)13-7-4-5-12-6-8-13/h10,12H,1,4-8H2,2-3H3. The summed E-state index contributed by atoms with van der Waals surface area (Å²) in [6.45, 7) is 9.46. The van der Waals surface area contributed by atoms with E-state index in [0.717, 1.165) is 38.2 Å². The van der Waals surface area contributed by atoms with Gasteiger partial charge in [-0.25, -0.2) is 0 Å². The molecule has 0 aliphatic carbocycles. The van der Waals surface area contributed by atoms with Crippen molar-refractivity contribution in [2.45, 2.75) is 19.4 Å². The van der Waals surface area contributed by atoms with E-state index in [1.807, 2.05) is 6.92 Å². The van der Waals surface area contributed by atoms with Crippen molar-refractivity contribution >= 4 is 5.97 Å². The fourth-order valence-electron chi connectivity index (χ4n) is 1.90. The van der Waals surface area contributed by atoms with Crippen LogP contribution >= 0.6 is 0 Å². The summed E-state index contributed by atoms with van der Waals surface area (Å²) in [5.74, 6) is -0.204. The van der Waals surface area contributed by atoms with E-state index >= 15 is 0 Å². The largest absolute Gasteiger partial charge is 0.468 e. The molecular weight excluding hydrogens is 192 g/mol. The molecule has 15 heavy (non-hydrogen) atoms. The van der Waals surface area contributed by atoms with Gasteiger partial charge < -0.3 is 10.1 Å². The minimum Gasteiger partial charge on any atom is -0.468 e. The molecular formula is C11H20N2O2. The number of carbonyl (C=O) groups is 1. The van der Waals surface area contributed by atoms with E-state index in [9.17, 15) is 4.79 Å². The number of nitrogens with zero attached hydrogens (tertiary/aromatic N) is 1. The average molecular weight is 212 g/mol. The monoisotopic (exact) mass is 212 g/mol. The molecule has 1 saturated heterocycles. The van der Waals surface area contributed by atoms with E-state index in [1.165, 1.54) is 7.11 Å². The lowest BCUT2D eigenvalue weighted by Crippen LogP contribution is -2.44. The summed E-state index contributed by atoms with van der Waals surface area (Å²) >= 11 is 0. The molecule has 1 fully saturated rings. The highest BCUT2D eigenvalue weighted by molar-refractivity contribution is 5.79. The molecule has 1 unspecified atom stereocenters. The first-order valence-corrected chi connectivity index (χ1v) is 5.35. The van der Waals surface area contributed by atoms with Crippen molar-refractivity contribution in [1.29, 1.82) is 0 Å². The lowest BCUT2D eigenvalue weighted by Gasteiger charge is -2.28. The number of hydrogen-bond acceptors (Lipinski definition) is 4. The lowest BCUT2D eigenvalue weighted by molar-refractivity contribution is -0.145. The molecule has 4 heteroatoms. The van der Waals surface area contributed by atoms with Crippen LogP contribution in [0.1, 0.15) is 13.3 Å². The Morgan fingerprint density at radius 3 is 2.80 bits per heavy atom. The molecule has 0 spiro atoms. The number of esters is 1. The predicted molar refractivity (Wildman–Crippen MR) is 59.7 cm³/mol. The topological polar surface area (TPSA) is 41.6 Å². The third kappa shape index (κ3) is 3.32. The Kier molecular flexibility index (Phi) is 4.78. The number of rotatable bonds is 3. The minimum absolute atomic E-state index is 0.204. The summed E-state index contributed by atoms with van der Waals surface area (Å²) in [4.78, 5) is 13.8. The van der Waals surface area contributed by atoms with Gasteiger partial charge in [-0.1, -0.05) is 12.2 Å². The van der Waals surface area contributed by atoms with Crippen LogP contribution in [0.4, 0.5) is 0 Å². The van der Waals surface area contributed by atoms with Gasteiger partial charge in [0.1, 0.15) is 6.04 Å². The molecule has 1 rings (SSSR count). The fourth-order valence-corrected chi connectivity index (χ4v) is 1.90. The molecule has 4 nitrogen and oxygen atoms in total. The highest BCUT2D eigenvalue weighted by Crippen LogP contribution is 2.11. The molecule has 1 N–H and O–H groups in total. The van der Waals surface area contributed by atoms with E-state index in [2.05, 4.69) is 16.8 Å². The highest BCUT2D eigenvalue weighted by Gasteiger charge is 2.27. The van der Waals surface area contributed by atoms with Crippen LogP contribution in [-0.2, 0) is 9.53 Å². The Labute approximate surface area is 91.3 Å². The van der Waals surface area contributed by atoms with Gasteiger partial charge in [-0.15, -0.1) is 0 Å². The summed E-state index contributed by atoms with van der Waals surface area (Å²) in [5.41, 5.74) is 0.851. The summed E-state index contributed by atoms with van der Waals surface area (Å²) in [7, 11) is 1.42. The van der Waals surface area contributed by atoms with Crippen molar-refractivity contribution < 1.29 is 9.53 Å². The van der Waals surface area contributed by atoms with Crippen LogP contribution in [0.5, 0.6) is 0 Å². The van der Waals surface area contributed by atoms with Crippen LogP contribution in [0.25, 0.3) is 0 Å². The summed E-state index contributed by atoms with van der Waals surface area (Å²) < 4.78 is 4.81. The van der Waals surface area contributed by atoms with Gasteiger partial charge in [0.2, 0.25) is 0 Å². The Morgan fingerprint density at radius 1 is 1.47 bits per heavy atom. The molecule has 0 aromatic carbocycles. The summed E-state index contributed by atoms with van der Waals surface area (Å²) in [6.07, 6.45) is 1.06. The second-order valence-corrected chi connectivity index (χ2v) is 3.91. The Bertz CT molecular complexity index is 233. The second kappa shape index (κ2) is 5.88. The van der Waals surface area contributed by atoms with Crippen molar-refractivity contribution in [3.8, 4) is 0 Å². The van der Waals surface area contributed by atoms with Gasteiger partial charge in [-0.3, -0.25) is 9.69 Å². The van der Waals surface area contributed by atoms with E-state index in [-0.39, 0.29) is 12.0 Å². The molecule has 0 amide bonds.